The Hall–Kier alpha value is -1.40. The molecule has 1 amide bonds. The Labute approximate surface area is 134 Å². The summed E-state index contributed by atoms with van der Waals surface area (Å²) in [5, 5.41) is 2.89. The summed E-state index contributed by atoms with van der Waals surface area (Å²) in [6.07, 6.45) is 1.17. The highest BCUT2D eigenvalue weighted by Crippen LogP contribution is 2.17. The summed E-state index contributed by atoms with van der Waals surface area (Å²) in [6, 6.07) is 9.53. The molecule has 1 aromatic rings. The molecule has 5 nitrogen and oxygen atoms in total. The maximum Gasteiger partial charge on any atom is 0.407 e. The average Bonchev–Trinajstić information content (AvgIpc) is 2.46. The second kappa shape index (κ2) is 7.24. The molecular formula is C16H24N2O3S. The van der Waals surface area contributed by atoms with E-state index in [0.717, 1.165) is 17.7 Å². The van der Waals surface area contributed by atoms with Crippen LogP contribution in [-0.2, 0) is 15.7 Å². The van der Waals surface area contributed by atoms with Gasteiger partial charge in [-0.1, -0.05) is 18.2 Å². The molecule has 0 spiro atoms. The zero-order chi connectivity index (χ0) is 16.2. The number of rotatable bonds is 3. The van der Waals surface area contributed by atoms with E-state index >= 15 is 0 Å². The predicted molar refractivity (Wildman–Crippen MR) is 86.8 cm³/mol. The number of benzene rings is 1. The smallest absolute Gasteiger partial charge is 0.407 e. The number of nitrogens with one attached hydrogen (secondary N) is 1. The van der Waals surface area contributed by atoms with Gasteiger partial charge in [0.15, 0.2) is 0 Å². The lowest BCUT2D eigenvalue weighted by atomic mass is 10.1. The summed E-state index contributed by atoms with van der Waals surface area (Å²) in [5.74, 6) is 0. The number of alkyl carbamates (subject to hydrolysis) is 1. The van der Waals surface area contributed by atoms with Gasteiger partial charge < -0.3 is 10.1 Å². The first kappa shape index (κ1) is 17.0. The van der Waals surface area contributed by atoms with Gasteiger partial charge in [0.05, 0.1) is 4.90 Å². The number of hydrogen-bond acceptors (Lipinski definition) is 3. The first-order valence-corrected chi connectivity index (χ1v) is 8.67. The minimum Gasteiger partial charge on any atom is -0.444 e. The van der Waals surface area contributed by atoms with Crippen molar-refractivity contribution < 1.29 is 13.7 Å². The van der Waals surface area contributed by atoms with Crippen LogP contribution in [0, 0.1) is 0 Å². The number of carbonyl (C=O) groups is 1. The van der Waals surface area contributed by atoms with Crippen LogP contribution in [-0.4, -0.2) is 39.3 Å². The van der Waals surface area contributed by atoms with Crippen molar-refractivity contribution in [2.24, 2.45) is 0 Å². The fourth-order valence-corrected chi connectivity index (χ4v) is 3.56. The second-order valence-electron chi connectivity index (χ2n) is 6.41. The molecule has 1 atom stereocenters. The zero-order valence-electron chi connectivity index (χ0n) is 13.4. The molecule has 1 heterocycles. The maximum absolute atomic E-state index is 12.4. The van der Waals surface area contributed by atoms with Gasteiger partial charge in [0.1, 0.15) is 16.6 Å². The van der Waals surface area contributed by atoms with Gasteiger partial charge in [-0.25, -0.2) is 13.3 Å². The van der Waals surface area contributed by atoms with Gasteiger partial charge in [-0.15, -0.1) is 0 Å². The molecule has 122 valence electrons. The van der Waals surface area contributed by atoms with Crippen LogP contribution in [0.2, 0.25) is 0 Å². The summed E-state index contributed by atoms with van der Waals surface area (Å²) in [7, 11) is -1.12. The molecule has 22 heavy (non-hydrogen) atoms. The second-order valence-corrected chi connectivity index (χ2v) is 7.90. The third-order valence-electron chi connectivity index (χ3n) is 3.35. The first-order chi connectivity index (χ1) is 10.3. The van der Waals surface area contributed by atoms with Gasteiger partial charge in [0.25, 0.3) is 0 Å². The van der Waals surface area contributed by atoms with Crippen LogP contribution in [0.5, 0.6) is 0 Å². The molecule has 0 saturated carbocycles. The van der Waals surface area contributed by atoms with Gasteiger partial charge in [0, 0.05) is 19.1 Å². The zero-order valence-corrected chi connectivity index (χ0v) is 14.2. The normalized spacial score (nSPS) is 18.7. The standard InChI is InChI=1S/C16H24N2O3S/c1-16(2,3)21-15(19)17-13-9-11-18(12-10-13)22(20)14-7-5-4-6-8-14/h4-8,13H,9-12H2,1-3H3,(H,17,19). The number of hydrogen-bond donors (Lipinski definition) is 1. The van der Waals surface area contributed by atoms with Crippen LogP contribution in [0.1, 0.15) is 33.6 Å². The lowest BCUT2D eigenvalue weighted by Crippen LogP contribution is -2.46. The molecule has 1 N–H and O–H groups in total. The van der Waals surface area contributed by atoms with Crippen molar-refractivity contribution in [1.82, 2.24) is 9.62 Å². The van der Waals surface area contributed by atoms with Gasteiger partial charge in [-0.2, -0.15) is 0 Å². The van der Waals surface area contributed by atoms with E-state index in [1.54, 1.807) is 0 Å². The third kappa shape index (κ3) is 5.10. The van der Waals surface area contributed by atoms with Crippen molar-refractivity contribution in [2.45, 2.75) is 50.2 Å². The van der Waals surface area contributed by atoms with Gasteiger partial charge in [-0.05, 0) is 45.7 Å². The molecule has 0 aromatic heterocycles. The van der Waals surface area contributed by atoms with Crippen molar-refractivity contribution in [1.29, 1.82) is 0 Å². The highest BCUT2D eigenvalue weighted by molar-refractivity contribution is 7.82. The van der Waals surface area contributed by atoms with Gasteiger partial charge in [0.2, 0.25) is 0 Å². The van der Waals surface area contributed by atoms with Crippen LogP contribution in [0.3, 0.4) is 0 Å². The third-order valence-corrected chi connectivity index (χ3v) is 4.86. The van der Waals surface area contributed by atoms with E-state index in [4.69, 9.17) is 4.74 Å². The largest absolute Gasteiger partial charge is 0.444 e. The Bertz CT molecular complexity index is 520. The molecule has 1 saturated heterocycles. The molecule has 0 bridgehead atoms. The van der Waals surface area contributed by atoms with E-state index in [9.17, 15) is 9.00 Å². The molecule has 0 aliphatic carbocycles. The number of piperidine rings is 1. The minimum atomic E-state index is -1.12. The van der Waals surface area contributed by atoms with Crippen LogP contribution in [0.15, 0.2) is 35.2 Å². The van der Waals surface area contributed by atoms with Crippen LogP contribution >= 0.6 is 0 Å². The van der Waals surface area contributed by atoms with Crippen LogP contribution in [0.25, 0.3) is 0 Å². The van der Waals surface area contributed by atoms with E-state index in [0.29, 0.717) is 13.1 Å². The number of carbonyl (C=O) groups excluding carboxylic acids is 1. The summed E-state index contributed by atoms with van der Waals surface area (Å²) < 4.78 is 19.6. The first-order valence-electron chi connectivity index (χ1n) is 7.56. The highest BCUT2D eigenvalue weighted by atomic mass is 32.2. The predicted octanol–water partition coefficient (Wildman–Crippen LogP) is 2.70. The van der Waals surface area contributed by atoms with Crippen molar-refractivity contribution in [2.75, 3.05) is 13.1 Å². The highest BCUT2D eigenvalue weighted by Gasteiger charge is 2.26. The summed E-state index contributed by atoms with van der Waals surface area (Å²) in [6.45, 7) is 6.93. The molecule has 1 aliphatic rings. The quantitative estimate of drug-likeness (QED) is 0.930. The number of ether oxygens (including phenoxy) is 1. The Morgan fingerprint density at radius 2 is 1.82 bits per heavy atom. The van der Waals surface area contributed by atoms with Crippen LogP contribution in [0.4, 0.5) is 4.79 Å². The monoisotopic (exact) mass is 324 g/mol. The maximum atomic E-state index is 12.4. The fraction of sp³-hybridized carbons (Fsp3) is 0.562. The topological polar surface area (TPSA) is 58.6 Å². The van der Waals surface area contributed by atoms with E-state index in [-0.39, 0.29) is 12.1 Å². The molecule has 6 heteroatoms. The van der Waals surface area contributed by atoms with Gasteiger partial charge in [-0.3, -0.25) is 0 Å². The SMILES string of the molecule is CC(C)(C)OC(=O)NC1CCN(S(=O)c2ccccc2)CC1. The number of nitrogens with zero attached hydrogens (tertiary/aromatic N) is 1. The fourth-order valence-electron chi connectivity index (χ4n) is 2.33. The van der Waals surface area contributed by atoms with Crippen molar-refractivity contribution in [3.05, 3.63) is 30.3 Å². The van der Waals surface area contributed by atoms with E-state index in [2.05, 4.69) is 5.32 Å². The molecule has 1 aromatic carbocycles. The number of amides is 1. The van der Waals surface area contributed by atoms with E-state index in [1.807, 2.05) is 55.4 Å². The van der Waals surface area contributed by atoms with E-state index < -0.39 is 16.6 Å². The van der Waals surface area contributed by atoms with Crippen LogP contribution < -0.4 is 5.32 Å². The lowest BCUT2D eigenvalue weighted by molar-refractivity contribution is 0.0490. The summed E-state index contributed by atoms with van der Waals surface area (Å²) >= 11 is 0. The minimum absolute atomic E-state index is 0.0823. The van der Waals surface area contributed by atoms with E-state index in [1.165, 1.54) is 0 Å². The summed E-state index contributed by atoms with van der Waals surface area (Å²) in [4.78, 5) is 12.6. The molecule has 1 unspecified atom stereocenters. The van der Waals surface area contributed by atoms with Crippen molar-refractivity contribution >= 4 is 17.1 Å². The Morgan fingerprint density at radius 1 is 1.23 bits per heavy atom. The average molecular weight is 324 g/mol. The van der Waals surface area contributed by atoms with Crippen molar-refractivity contribution in [3.8, 4) is 0 Å². The molecule has 1 aliphatic heterocycles. The van der Waals surface area contributed by atoms with Crippen molar-refractivity contribution in [3.63, 3.8) is 0 Å². The lowest BCUT2D eigenvalue weighted by Gasteiger charge is -2.31. The molecular weight excluding hydrogens is 300 g/mol. The Balaban J connectivity index is 1.81. The molecule has 1 fully saturated rings. The molecule has 2 rings (SSSR count). The molecule has 0 radical (unpaired) electrons. The van der Waals surface area contributed by atoms with Gasteiger partial charge >= 0.3 is 6.09 Å². The Kier molecular flexibility index (Phi) is 5.58. The summed E-state index contributed by atoms with van der Waals surface area (Å²) in [5.41, 5.74) is -0.487. The Morgan fingerprint density at radius 3 is 2.36 bits per heavy atom.